The zero-order valence-electron chi connectivity index (χ0n) is 16.7. The highest BCUT2D eigenvalue weighted by Gasteiger charge is 2.31. The Kier molecular flexibility index (Phi) is 5.70. The summed E-state index contributed by atoms with van der Waals surface area (Å²) < 4.78 is 41.3. The van der Waals surface area contributed by atoms with Gasteiger partial charge in [-0.2, -0.15) is 0 Å². The van der Waals surface area contributed by atoms with Crippen LogP contribution in [0, 0.1) is 5.92 Å². The van der Waals surface area contributed by atoms with Crippen LogP contribution in [0.3, 0.4) is 0 Å². The molecular weight excluding hydrogens is 391 g/mol. The van der Waals surface area contributed by atoms with Crippen LogP contribution in [0.1, 0.15) is 38.3 Å². The van der Waals surface area contributed by atoms with Gasteiger partial charge in [0.05, 0.1) is 23.1 Å². The third-order valence-corrected chi connectivity index (χ3v) is 5.54. The van der Waals surface area contributed by atoms with Gasteiger partial charge in [-0.05, 0) is 67.5 Å². The molecule has 158 valence electrons. The Labute approximate surface area is 173 Å². The molecule has 1 aromatic carbocycles. The van der Waals surface area contributed by atoms with Crippen molar-refractivity contribution in [2.45, 2.75) is 45.0 Å². The Morgan fingerprint density at radius 3 is 2.40 bits per heavy atom. The van der Waals surface area contributed by atoms with Crippen LogP contribution < -0.4 is 4.74 Å². The summed E-state index contributed by atoms with van der Waals surface area (Å²) in [6.45, 7) is 2.28. The lowest BCUT2D eigenvalue weighted by molar-refractivity contribution is -0.274. The van der Waals surface area contributed by atoms with Gasteiger partial charge < -0.3 is 14.7 Å². The Hall–Kier alpha value is -2.96. The van der Waals surface area contributed by atoms with Gasteiger partial charge >= 0.3 is 6.36 Å². The van der Waals surface area contributed by atoms with Crippen molar-refractivity contribution in [3.05, 3.63) is 54.4 Å². The fraction of sp³-hybridized carbons (Fsp3) is 0.348. The molecule has 0 unspecified atom stereocenters. The number of hydrogen-bond donors (Lipinski definition) is 2. The maximum absolute atomic E-state index is 12.4. The molecule has 0 bridgehead atoms. The van der Waals surface area contributed by atoms with Crippen LogP contribution in [0.4, 0.5) is 13.2 Å². The monoisotopic (exact) mass is 415 g/mol. The van der Waals surface area contributed by atoms with E-state index in [4.69, 9.17) is 4.99 Å². The van der Waals surface area contributed by atoms with E-state index in [1.165, 1.54) is 25.0 Å². The summed E-state index contributed by atoms with van der Waals surface area (Å²) in [6, 6.07) is 12.1. The topological polar surface area (TPSA) is 53.2 Å². The second-order valence-electron chi connectivity index (χ2n) is 7.86. The van der Waals surface area contributed by atoms with E-state index in [2.05, 4.69) is 21.6 Å². The van der Waals surface area contributed by atoms with Crippen molar-refractivity contribution in [1.82, 2.24) is 9.97 Å². The Balaban J connectivity index is 1.62. The molecule has 1 fully saturated rings. The number of aromatic amines is 2. The molecule has 0 amide bonds. The van der Waals surface area contributed by atoms with E-state index in [9.17, 15) is 13.2 Å². The molecule has 0 radical (unpaired) electrons. The SMILES string of the molecule is CC1CCC(N=Cc2[nH]c(-c3ccc[nH]3)cc2-c2ccc(OC(F)(F)F)cc2)CC1. The number of halogens is 3. The van der Waals surface area contributed by atoms with Gasteiger partial charge in [0.25, 0.3) is 0 Å². The lowest BCUT2D eigenvalue weighted by Crippen LogP contribution is -2.16. The van der Waals surface area contributed by atoms with Gasteiger partial charge in [0.1, 0.15) is 5.75 Å². The number of H-pyrrole nitrogens is 2. The van der Waals surface area contributed by atoms with Crippen LogP contribution >= 0.6 is 0 Å². The van der Waals surface area contributed by atoms with Crippen LogP contribution in [-0.4, -0.2) is 28.6 Å². The molecule has 0 atom stereocenters. The first kappa shape index (κ1) is 20.3. The number of ether oxygens (including phenoxy) is 1. The summed E-state index contributed by atoms with van der Waals surface area (Å²) in [5.41, 5.74) is 4.33. The molecule has 0 saturated heterocycles. The normalized spacial score (nSPS) is 20.0. The second kappa shape index (κ2) is 8.42. The van der Waals surface area contributed by atoms with E-state index in [-0.39, 0.29) is 5.75 Å². The molecule has 1 saturated carbocycles. The van der Waals surface area contributed by atoms with Crippen LogP contribution in [0.2, 0.25) is 0 Å². The lowest BCUT2D eigenvalue weighted by atomic mass is 9.88. The van der Waals surface area contributed by atoms with Crippen molar-refractivity contribution in [2.75, 3.05) is 0 Å². The van der Waals surface area contributed by atoms with Crippen molar-refractivity contribution in [3.63, 3.8) is 0 Å². The molecule has 30 heavy (non-hydrogen) atoms. The minimum atomic E-state index is -4.70. The third kappa shape index (κ3) is 4.96. The molecule has 2 aromatic heterocycles. The average molecular weight is 415 g/mol. The molecule has 2 N–H and O–H groups in total. The van der Waals surface area contributed by atoms with Crippen molar-refractivity contribution < 1.29 is 17.9 Å². The highest BCUT2D eigenvalue weighted by atomic mass is 19.4. The number of nitrogens with one attached hydrogen (secondary N) is 2. The standard InChI is InChI=1S/C23H24F3N3O/c1-15-4-8-17(9-5-15)28-14-22-19(13-21(29-22)20-3-2-12-27-20)16-6-10-18(11-7-16)30-23(24,25)26/h2-3,6-7,10-15,17,27,29H,4-5,8-9H2,1H3. The van der Waals surface area contributed by atoms with E-state index < -0.39 is 6.36 Å². The highest BCUT2D eigenvalue weighted by molar-refractivity contribution is 5.91. The highest BCUT2D eigenvalue weighted by Crippen LogP contribution is 2.32. The number of nitrogens with zero attached hydrogens (tertiary/aromatic N) is 1. The zero-order valence-corrected chi connectivity index (χ0v) is 16.7. The second-order valence-corrected chi connectivity index (χ2v) is 7.86. The lowest BCUT2D eigenvalue weighted by Gasteiger charge is -2.22. The van der Waals surface area contributed by atoms with Crippen LogP contribution in [0.25, 0.3) is 22.5 Å². The number of aliphatic imine (C=N–C) groups is 1. The van der Waals surface area contributed by atoms with E-state index >= 15 is 0 Å². The van der Waals surface area contributed by atoms with Crippen molar-refractivity contribution in [2.24, 2.45) is 10.9 Å². The van der Waals surface area contributed by atoms with Crippen LogP contribution in [0.15, 0.2) is 53.7 Å². The van der Waals surface area contributed by atoms with Gasteiger partial charge in [0, 0.05) is 18.0 Å². The summed E-state index contributed by atoms with van der Waals surface area (Å²) >= 11 is 0. The fourth-order valence-corrected chi connectivity index (χ4v) is 3.86. The van der Waals surface area contributed by atoms with Gasteiger partial charge in [-0.25, -0.2) is 0 Å². The molecule has 3 aromatic rings. The summed E-state index contributed by atoms with van der Waals surface area (Å²) in [7, 11) is 0. The molecule has 7 heteroatoms. The third-order valence-electron chi connectivity index (χ3n) is 5.54. The molecule has 4 rings (SSSR count). The number of benzene rings is 1. The number of alkyl halides is 3. The van der Waals surface area contributed by atoms with Gasteiger partial charge in [-0.15, -0.1) is 13.2 Å². The summed E-state index contributed by atoms with van der Waals surface area (Å²) in [4.78, 5) is 11.4. The molecule has 0 spiro atoms. The predicted octanol–water partition coefficient (Wildman–Crippen LogP) is 6.57. The van der Waals surface area contributed by atoms with Gasteiger partial charge in [-0.1, -0.05) is 19.1 Å². The first-order valence-corrected chi connectivity index (χ1v) is 10.1. The van der Waals surface area contributed by atoms with Crippen molar-refractivity contribution in [1.29, 1.82) is 0 Å². The number of aromatic nitrogens is 2. The van der Waals surface area contributed by atoms with Crippen molar-refractivity contribution in [3.8, 4) is 28.3 Å². The summed E-state index contributed by atoms with van der Waals surface area (Å²) in [5.74, 6) is 0.521. The Morgan fingerprint density at radius 2 is 1.77 bits per heavy atom. The smallest absolute Gasteiger partial charge is 0.406 e. The van der Waals surface area contributed by atoms with E-state index in [0.29, 0.717) is 6.04 Å². The maximum Gasteiger partial charge on any atom is 0.573 e. The Morgan fingerprint density at radius 1 is 1.03 bits per heavy atom. The Bertz CT molecular complexity index is 980. The van der Waals surface area contributed by atoms with Crippen molar-refractivity contribution >= 4 is 6.21 Å². The predicted molar refractivity (Wildman–Crippen MR) is 112 cm³/mol. The summed E-state index contributed by atoms with van der Waals surface area (Å²) in [5, 5.41) is 0. The minimum absolute atomic E-state index is 0.238. The van der Waals surface area contributed by atoms with E-state index in [0.717, 1.165) is 47.0 Å². The largest absolute Gasteiger partial charge is 0.573 e. The zero-order chi connectivity index (χ0) is 21.1. The quantitative estimate of drug-likeness (QED) is 0.455. The molecule has 2 heterocycles. The first-order valence-electron chi connectivity index (χ1n) is 10.1. The molecule has 1 aliphatic rings. The first-order chi connectivity index (χ1) is 14.4. The van der Waals surface area contributed by atoms with E-state index in [1.54, 1.807) is 12.1 Å². The van der Waals surface area contributed by atoms with Crippen LogP contribution in [-0.2, 0) is 0 Å². The average Bonchev–Trinajstić information content (AvgIpc) is 3.37. The van der Waals surface area contributed by atoms with Gasteiger partial charge in [0.15, 0.2) is 0 Å². The molecular formula is C23H24F3N3O. The van der Waals surface area contributed by atoms with E-state index in [1.807, 2.05) is 30.6 Å². The minimum Gasteiger partial charge on any atom is -0.406 e. The molecule has 1 aliphatic carbocycles. The fourth-order valence-electron chi connectivity index (χ4n) is 3.86. The molecule has 0 aliphatic heterocycles. The van der Waals surface area contributed by atoms with Gasteiger partial charge in [0.2, 0.25) is 0 Å². The summed E-state index contributed by atoms with van der Waals surface area (Å²) in [6.07, 6.45) is 3.55. The van der Waals surface area contributed by atoms with Crippen LogP contribution in [0.5, 0.6) is 5.75 Å². The molecule has 4 nitrogen and oxygen atoms in total. The number of hydrogen-bond acceptors (Lipinski definition) is 2. The van der Waals surface area contributed by atoms with Gasteiger partial charge in [-0.3, -0.25) is 4.99 Å². The maximum atomic E-state index is 12.4. The number of rotatable bonds is 5.